The zero-order valence-electron chi connectivity index (χ0n) is 11.6. The molecule has 2 rings (SSSR count). The molecular formula is C15H20N2O2. The molecule has 1 aromatic carbocycles. The fraction of sp³-hybridized carbons (Fsp3) is 0.467. The molecule has 1 aliphatic rings. The Kier molecular flexibility index (Phi) is 3.88. The lowest BCUT2D eigenvalue weighted by Gasteiger charge is -2.40. The lowest BCUT2D eigenvalue weighted by Crippen LogP contribution is -2.57. The third kappa shape index (κ3) is 2.62. The largest absolute Gasteiger partial charge is 0.345 e. The number of nitrogens with zero attached hydrogens (tertiary/aromatic N) is 1. The van der Waals surface area contributed by atoms with E-state index in [9.17, 15) is 9.59 Å². The molecule has 0 spiro atoms. The van der Waals surface area contributed by atoms with Crippen molar-refractivity contribution >= 4 is 11.8 Å². The zero-order chi connectivity index (χ0) is 14.0. The van der Waals surface area contributed by atoms with E-state index in [4.69, 9.17) is 0 Å². The zero-order valence-corrected chi connectivity index (χ0v) is 11.6. The standard InChI is InChI=1S/C15H20N2O2/c1-10(2)11(3)17-13(18)9-16-15(19)14(17)12-7-5-4-6-8-12/h4-8,10-11,14H,9H2,1-3H3,(H,16,19). The summed E-state index contributed by atoms with van der Waals surface area (Å²) in [5.74, 6) is 0.189. The number of hydrogen-bond donors (Lipinski definition) is 1. The highest BCUT2D eigenvalue weighted by molar-refractivity contribution is 5.95. The maximum atomic E-state index is 12.2. The van der Waals surface area contributed by atoms with Crippen molar-refractivity contribution in [2.24, 2.45) is 5.92 Å². The van der Waals surface area contributed by atoms with Gasteiger partial charge in [0.05, 0.1) is 6.54 Å². The highest BCUT2D eigenvalue weighted by Gasteiger charge is 2.38. The van der Waals surface area contributed by atoms with Gasteiger partial charge < -0.3 is 10.2 Å². The summed E-state index contributed by atoms with van der Waals surface area (Å²) in [4.78, 5) is 26.1. The molecule has 102 valence electrons. The minimum absolute atomic E-state index is 0.0188. The Bertz CT molecular complexity index is 470. The minimum atomic E-state index is -0.514. The lowest BCUT2D eigenvalue weighted by atomic mass is 9.96. The number of carbonyl (C=O) groups excluding carboxylic acids is 2. The van der Waals surface area contributed by atoms with Crippen LogP contribution in [0.1, 0.15) is 32.4 Å². The molecule has 2 atom stereocenters. The fourth-order valence-corrected chi connectivity index (χ4v) is 2.35. The van der Waals surface area contributed by atoms with Crippen molar-refractivity contribution in [1.29, 1.82) is 0 Å². The van der Waals surface area contributed by atoms with E-state index in [-0.39, 0.29) is 24.4 Å². The van der Waals surface area contributed by atoms with Gasteiger partial charge in [-0.05, 0) is 18.4 Å². The van der Waals surface area contributed by atoms with Gasteiger partial charge in [-0.25, -0.2) is 0 Å². The summed E-state index contributed by atoms with van der Waals surface area (Å²) in [6.07, 6.45) is 0. The van der Waals surface area contributed by atoms with Crippen LogP contribution in [0.4, 0.5) is 0 Å². The number of rotatable bonds is 3. The smallest absolute Gasteiger partial charge is 0.247 e. The molecular weight excluding hydrogens is 240 g/mol. The van der Waals surface area contributed by atoms with Gasteiger partial charge >= 0.3 is 0 Å². The van der Waals surface area contributed by atoms with Gasteiger partial charge in [0.1, 0.15) is 6.04 Å². The second-order valence-electron chi connectivity index (χ2n) is 5.32. The normalized spacial score (nSPS) is 21.5. The number of benzene rings is 1. The molecule has 0 saturated carbocycles. The summed E-state index contributed by atoms with van der Waals surface area (Å²) in [5, 5.41) is 2.67. The van der Waals surface area contributed by atoms with Gasteiger partial charge in [-0.3, -0.25) is 9.59 Å². The Morgan fingerprint density at radius 1 is 1.16 bits per heavy atom. The van der Waals surface area contributed by atoms with Crippen LogP contribution in [0.25, 0.3) is 0 Å². The third-order valence-electron chi connectivity index (χ3n) is 3.75. The molecule has 1 N–H and O–H groups in total. The molecule has 1 fully saturated rings. The van der Waals surface area contributed by atoms with Crippen molar-refractivity contribution in [3.05, 3.63) is 35.9 Å². The van der Waals surface area contributed by atoms with Gasteiger partial charge in [0.15, 0.2) is 0 Å². The molecule has 2 amide bonds. The SMILES string of the molecule is CC(C)C(C)N1C(=O)CNC(=O)C1c1ccccc1. The summed E-state index contributed by atoms with van der Waals surface area (Å²) >= 11 is 0. The van der Waals surface area contributed by atoms with Gasteiger partial charge in [0.25, 0.3) is 0 Å². The van der Waals surface area contributed by atoms with Crippen LogP contribution in [0.2, 0.25) is 0 Å². The summed E-state index contributed by atoms with van der Waals surface area (Å²) in [7, 11) is 0. The third-order valence-corrected chi connectivity index (χ3v) is 3.75. The molecule has 1 heterocycles. The highest BCUT2D eigenvalue weighted by atomic mass is 16.2. The van der Waals surface area contributed by atoms with Gasteiger partial charge in [0, 0.05) is 6.04 Å². The second kappa shape index (κ2) is 5.43. The highest BCUT2D eigenvalue weighted by Crippen LogP contribution is 2.28. The first-order chi connectivity index (χ1) is 9.02. The van der Waals surface area contributed by atoms with Crippen molar-refractivity contribution in [2.45, 2.75) is 32.9 Å². The summed E-state index contributed by atoms with van der Waals surface area (Å²) in [6, 6.07) is 8.98. The second-order valence-corrected chi connectivity index (χ2v) is 5.32. The average molecular weight is 260 g/mol. The Labute approximate surface area is 113 Å². The van der Waals surface area contributed by atoms with Gasteiger partial charge in [-0.1, -0.05) is 44.2 Å². The van der Waals surface area contributed by atoms with Crippen LogP contribution in [0.15, 0.2) is 30.3 Å². The molecule has 4 heteroatoms. The maximum absolute atomic E-state index is 12.2. The summed E-state index contributed by atoms with van der Waals surface area (Å²) in [5.41, 5.74) is 0.862. The van der Waals surface area contributed by atoms with E-state index in [1.165, 1.54) is 0 Å². The Morgan fingerprint density at radius 2 is 1.79 bits per heavy atom. The molecule has 2 unspecified atom stereocenters. The first-order valence-electron chi connectivity index (χ1n) is 6.66. The molecule has 4 nitrogen and oxygen atoms in total. The molecule has 0 aromatic heterocycles. The van der Waals surface area contributed by atoms with Crippen LogP contribution >= 0.6 is 0 Å². The van der Waals surface area contributed by atoms with E-state index in [0.29, 0.717) is 5.92 Å². The minimum Gasteiger partial charge on any atom is -0.345 e. The lowest BCUT2D eigenvalue weighted by molar-refractivity contribution is -0.149. The number of hydrogen-bond acceptors (Lipinski definition) is 2. The maximum Gasteiger partial charge on any atom is 0.247 e. The van der Waals surface area contributed by atoms with E-state index in [1.807, 2.05) is 37.3 Å². The van der Waals surface area contributed by atoms with Gasteiger partial charge in [-0.15, -0.1) is 0 Å². The van der Waals surface area contributed by atoms with Crippen LogP contribution < -0.4 is 5.32 Å². The van der Waals surface area contributed by atoms with E-state index >= 15 is 0 Å². The quantitative estimate of drug-likeness (QED) is 0.899. The van der Waals surface area contributed by atoms with Gasteiger partial charge in [-0.2, -0.15) is 0 Å². The van der Waals surface area contributed by atoms with Crippen LogP contribution in [-0.4, -0.2) is 29.3 Å². The monoisotopic (exact) mass is 260 g/mol. The first-order valence-corrected chi connectivity index (χ1v) is 6.66. The first kappa shape index (κ1) is 13.6. The summed E-state index contributed by atoms with van der Waals surface area (Å²) in [6.45, 7) is 6.22. The molecule has 0 radical (unpaired) electrons. The number of nitrogens with one attached hydrogen (secondary N) is 1. The molecule has 1 aliphatic heterocycles. The van der Waals surface area contributed by atoms with E-state index in [1.54, 1.807) is 4.90 Å². The van der Waals surface area contributed by atoms with Crippen molar-refractivity contribution in [2.75, 3.05) is 6.54 Å². The number of carbonyl (C=O) groups is 2. The van der Waals surface area contributed by atoms with Gasteiger partial charge in [0.2, 0.25) is 11.8 Å². The molecule has 0 aliphatic carbocycles. The Morgan fingerprint density at radius 3 is 2.37 bits per heavy atom. The van der Waals surface area contributed by atoms with Crippen molar-refractivity contribution < 1.29 is 9.59 Å². The van der Waals surface area contributed by atoms with Crippen molar-refractivity contribution in [1.82, 2.24) is 10.2 Å². The Balaban J connectivity index is 2.39. The van der Waals surface area contributed by atoms with Crippen molar-refractivity contribution in [3.63, 3.8) is 0 Å². The fourth-order valence-electron chi connectivity index (χ4n) is 2.35. The van der Waals surface area contributed by atoms with E-state index in [0.717, 1.165) is 5.56 Å². The predicted molar refractivity (Wildman–Crippen MR) is 73.3 cm³/mol. The summed E-state index contributed by atoms with van der Waals surface area (Å²) < 4.78 is 0. The van der Waals surface area contributed by atoms with Crippen LogP contribution in [0, 0.1) is 5.92 Å². The predicted octanol–water partition coefficient (Wildman–Crippen LogP) is 1.73. The molecule has 1 saturated heterocycles. The van der Waals surface area contributed by atoms with Crippen LogP contribution in [0.3, 0.4) is 0 Å². The molecule has 0 bridgehead atoms. The Hall–Kier alpha value is -1.84. The van der Waals surface area contributed by atoms with E-state index < -0.39 is 6.04 Å². The average Bonchev–Trinajstić information content (AvgIpc) is 2.41. The molecule has 19 heavy (non-hydrogen) atoms. The molecule has 1 aromatic rings. The van der Waals surface area contributed by atoms with Crippen LogP contribution in [-0.2, 0) is 9.59 Å². The van der Waals surface area contributed by atoms with Crippen LogP contribution in [0.5, 0.6) is 0 Å². The van der Waals surface area contributed by atoms with E-state index in [2.05, 4.69) is 19.2 Å². The van der Waals surface area contributed by atoms with Crippen molar-refractivity contribution in [3.8, 4) is 0 Å². The number of amides is 2. The topological polar surface area (TPSA) is 49.4 Å². The number of piperazine rings is 1.